The van der Waals surface area contributed by atoms with Crippen LogP contribution in [0.15, 0.2) is 12.1 Å². The van der Waals surface area contributed by atoms with Gasteiger partial charge in [-0.2, -0.15) is 0 Å². The molecule has 0 saturated carbocycles. The third-order valence-electron chi connectivity index (χ3n) is 3.52. The molecule has 2 rings (SSSR count). The summed E-state index contributed by atoms with van der Waals surface area (Å²) in [5.41, 5.74) is 0.986. The number of benzene rings is 1. The molecular formula is C15H17BrFNO2. The Morgan fingerprint density at radius 1 is 1.35 bits per heavy atom. The van der Waals surface area contributed by atoms with E-state index in [2.05, 4.69) is 22.9 Å². The van der Waals surface area contributed by atoms with Crippen molar-refractivity contribution >= 4 is 33.3 Å². The maximum Gasteiger partial charge on any atom is 0.299 e. The largest absolute Gasteiger partial charge is 0.302 e. The first-order chi connectivity index (χ1) is 9.49. The maximum atomic E-state index is 14.1. The molecular weight excluding hydrogens is 325 g/mol. The van der Waals surface area contributed by atoms with Crippen molar-refractivity contribution in [1.29, 1.82) is 0 Å². The van der Waals surface area contributed by atoms with Gasteiger partial charge in [-0.05, 0) is 37.0 Å². The quantitative estimate of drug-likeness (QED) is 0.607. The van der Waals surface area contributed by atoms with E-state index in [1.165, 1.54) is 11.0 Å². The Morgan fingerprint density at radius 3 is 2.65 bits per heavy atom. The van der Waals surface area contributed by atoms with Gasteiger partial charge in [-0.3, -0.25) is 9.59 Å². The number of carbonyl (C=O) groups is 2. The fourth-order valence-electron chi connectivity index (χ4n) is 2.58. The normalized spacial score (nSPS) is 15.7. The van der Waals surface area contributed by atoms with Crippen molar-refractivity contribution in [3.05, 3.63) is 29.1 Å². The highest BCUT2D eigenvalue weighted by Gasteiger charge is 2.38. The molecule has 1 unspecified atom stereocenters. The number of ketones is 1. The highest BCUT2D eigenvalue weighted by atomic mass is 79.9. The number of anilines is 1. The monoisotopic (exact) mass is 341 g/mol. The number of rotatable bonds is 5. The van der Waals surface area contributed by atoms with Crippen LogP contribution in [0.2, 0.25) is 0 Å². The molecule has 1 aromatic carbocycles. The van der Waals surface area contributed by atoms with Crippen molar-refractivity contribution in [2.75, 3.05) is 16.8 Å². The summed E-state index contributed by atoms with van der Waals surface area (Å²) in [6.45, 7) is 4.14. The SMILES string of the molecule is CCCC(CBr)CN1C(=O)C(=O)c2cc(C)cc(F)c21. The van der Waals surface area contributed by atoms with E-state index in [0.717, 1.165) is 18.2 Å². The van der Waals surface area contributed by atoms with Crippen LogP contribution in [0.5, 0.6) is 0 Å². The average molecular weight is 342 g/mol. The van der Waals surface area contributed by atoms with Crippen molar-refractivity contribution < 1.29 is 14.0 Å². The number of hydrogen-bond donors (Lipinski definition) is 0. The van der Waals surface area contributed by atoms with Gasteiger partial charge in [0.1, 0.15) is 5.82 Å². The third-order valence-corrected chi connectivity index (χ3v) is 4.43. The molecule has 0 fully saturated rings. The standard InChI is InChI=1S/C15H17BrFNO2/c1-3-4-10(7-16)8-18-13-11(14(19)15(18)20)5-9(2)6-12(13)17/h5-6,10H,3-4,7-8H2,1-2H3. The zero-order chi connectivity index (χ0) is 14.9. The Hall–Kier alpha value is -1.23. The van der Waals surface area contributed by atoms with Crippen LogP contribution < -0.4 is 4.90 Å². The van der Waals surface area contributed by atoms with Gasteiger partial charge >= 0.3 is 0 Å². The van der Waals surface area contributed by atoms with Gasteiger partial charge in [0.15, 0.2) is 0 Å². The lowest BCUT2D eigenvalue weighted by Crippen LogP contribution is -2.35. The molecule has 0 aromatic heterocycles. The minimum atomic E-state index is -0.619. The van der Waals surface area contributed by atoms with Gasteiger partial charge in [-0.1, -0.05) is 29.3 Å². The molecule has 1 heterocycles. The summed E-state index contributed by atoms with van der Waals surface area (Å²) in [5, 5.41) is 0.724. The number of aryl methyl sites for hydroxylation is 1. The topological polar surface area (TPSA) is 37.4 Å². The molecule has 0 saturated heterocycles. The summed E-state index contributed by atoms with van der Waals surface area (Å²) >= 11 is 3.41. The molecule has 1 aromatic rings. The van der Waals surface area contributed by atoms with Crippen molar-refractivity contribution in [1.82, 2.24) is 0 Å². The fourth-order valence-corrected chi connectivity index (χ4v) is 3.11. The Morgan fingerprint density at radius 2 is 2.05 bits per heavy atom. The summed E-state index contributed by atoms with van der Waals surface area (Å²) in [7, 11) is 0. The van der Waals surface area contributed by atoms with Gasteiger partial charge in [0.25, 0.3) is 11.7 Å². The Kier molecular flexibility index (Phi) is 4.58. The number of carbonyl (C=O) groups excluding carboxylic acids is 2. The molecule has 1 amide bonds. The lowest BCUT2D eigenvalue weighted by atomic mass is 10.1. The Balaban J connectivity index is 2.37. The van der Waals surface area contributed by atoms with Crippen molar-refractivity contribution in [3.63, 3.8) is 0 Å². The van der Waals surface area contributed by atoms with Crippen molar-refractivity contribution in [2.45, 2.75) is 26.7 Å². The van der Waals surface area contributed by atoms with E-state index >= 15 is 0 Å². The van der Waals surface area contributed by atoms with E-state index in [1.807, 2.05) is 0 Å². The van der Waals surface area contributed by atoms with Crippen LogP contribution in [0.25, 0.3) is 0 Å². The smallest absolute Gasteiger partial charge is 0.299 e. The summed E-state index contributed by atoms with van der Waals surface area (Å²) < 4.78 is 14.1. The second-order valence-corrected chi connectivity index (χ2v) is 5.84. The van der Waals surface area contributed by atoms with Gasteiger partial charge in [0.2, 0.25) is 0 Å². The molecule has 1 atom stereocenters. The molecule has 3 nitrogen and oxygen atoms in total. The lowest BCUT2D eigenvalue weighted by molar-refractivity contribution is -0.114. The van der Waals surface area contributed by atoms with Crippen LogP contribution in [-0.2, 0) is 4.79 Å². The van der Waals surface area contributed by atoms with Crippen LogP contribution in [0.3, 0.4) is 0 Å². The predicted molar refractivity (Wildman–Crippen MR) is 80.0 cm³/mol. The number of amides is 1. The number of fused-ring (bicyclic) bond motifs is 1. The Bertz CT molecular complexity index is 559. The van der Waals surface area contributed by atoms with Gasteiger partial charge in [-0.15, -0.1) is 0 Å². The maximum absolute atomic E-state index is 14.1. The Labute approximate surface area is 126 Å². The summed E-state index contributed by atoms with van der Waals surface area (Å²) in [6.07, 6.45) is 1.90. The van der Waals surface area contributed by atoms with Gasteiger partial charge in [0, 0.05) is 11.9 Å². The second-order valence-electron chi connectivity index (χ2n) is 5.20. The van der Waals surface area contributed by atoms with Crippen LogP contribution in [0.1, 0.15) is 35.7 Å². The zero-order valence-electron chi connectivity index (χ0n) is 11.6. The molecule has 0 spiro atoms. The van der Waals surface area contributed by atoms with E-state index in [4.69, 9.17) is 0 Å². The molecule has 108 valence electrons. The molecule has 0 aliphatic carbocycles. The molecule has 0 N–H and O–H groups in total. The number of hydrogen-bond acceptors (Lipinski definition) is 2. The minimum Gasteiger partial charge on any atom is -0.302 e. The molecule has 1 aliphatic rings. The van der Waals surface area contributed by atoms with Crippen LogP contribution in [-0.4, -0.2) is 23.6 Å². The zero-order valence-corrected chi connectivity index (χ0v) is 13.2. The summed E-state index contributed by atoms with van der Waals surface area (Å²) in [4.78, 5) is 25.3. The van der Waals surface area contributed by atoms with E-state index in [-0.39, 0.29) is 17.2 Å². The first-order valence-electron chi connectivity index (χ1n) is 6.71. The predicted octanol–water partition coefficient (Wildman–Crippen LogP) is 3.47. The van der Waals surface area contributed by atoms with E-state index in [9.17, 15) is 14.0 Å². The second kappa shape index (κ2) is 6.04. The third kappa shape index (κ3) is 2.64. The first kappa shape index (κ1) is 15.2. The van der Waals surface area contributed by atoms with Gasteiger partial charge in [0.05, 0.1) is 11.3 Å². The number of Topliss-reactive ketones (excluding diaryl/α,β-unsaturated/α-hetero) is 1. The van der Waals surface area contributed by atoms with Crippen molar-refractivity contribution in [2.24, 2.45) is 5.92 Å². The minimum absolute atomic E-state index is 0.146. The molecule has 0 radical (unpaired) electrons. The van der Waals surface area contributed by atoms with E-state index in [1.54, 1.807) is 13.0 Å². The van der Waals surface area contributed by atoms with E-state index < -0.39 is 17.5 Å². The van der Waals surface area contributed by atoms with Crippen LogP contribution in [0.4, 0.5) is 10.1 Å². The molecule has 0 bridgehead atoms. The van der Waals surface area contributed by atoms with Crippen LogP contribution >= 0.6 is 15.9 Å². The molecule has 20 heavy (non-hydrogen) atoms. The fraction of sp³-hybridized carbons (Fsp3) is 0.467. The highest BCUT2D eigenvalue weighted by molar-refractivity contribution is 9.09. The summed E-state index contributed by atoms with van der Waals surface area (Å²) in [6, 6.07) is 2.95. The van der Waals surface area contributed by atoms with Crippen LogP contribution in [0, 0.1) is 18.7 Å². The van der Waals surface area contributed by atoms with Gasteiger partial charge < -0.3 is 4.90 Å². The first-order valence-corrected chi connectivity index (χ1v) is 7.84. The number of halogens is 2. The average Bonchev–Trinajstić information content (AvgIpc) is 2.63. The number of alkyl halides is 1. The van der Waals surface area contributed by atoms with Crippen molar-refractivity contribution in [3.8, 4) is 0 Å². The number of nitrogens with zero attached hydrogens (tertiary/aromatic N) is 1. The lowest BCUT2D eigenvalue weighted by Gasteiger charge is -2.22. The molecule has 1 aliphatic heterocycles. The van der Waals surface area contributed by atoms with Gasteiger partial charge in [-0.25, -0.2) is 4.39 Å². The summed E-state index contributed by atoms with van der Waals surface area (Å²) in [5.74, 6) is -1.51. The molecule has 5 heteroatoms. The highest BCUT2D eigenvalue weighted by Crippen LogP contribution is 2.33. The van der Waals surface area contributed by atoms with E-state index in [0.29, 0.717) is 12.1 Å².